The lowest BCUT2D eigenvalue weighted by molar-refractivity contribution is -0.121. The van der Waals surface area contributed by atoms with Crippen LogP contribution in [0.4, 0.5) is 0 Å². The molecule has 0 atom stereocenters. The number of carbonyl (C=O) groups excluding carboxylic acids is 1. The normalized spacial score (nSPS) is 10.1. The van der Waals surface area contributed by atoms with E-state index >= 15 is 0 Å². The fraction of sp³-hybridized carbons (Fsp3) is 0.381. The minimum absolute atomic E-state index is 0. The number of rotatable bonds is 11. The minimum Gasteiger partial charge on any atom is -0.356 e. The van der Waals surface area contributed by atoms with Gasteiger partial charge in [-0.2, -0.15) is 0 Å². The zero-order chi connectivity index (χ0) is 16.9. The van der Waals surface area contributed by atoms with Crippen LogP contribution in [-0.2, 0) is 17.6 Å². The van der Waals surface area contributed by atoms with E-state index in [0.717, 1.165) is 45.3 Å². The van der Waals surface area contributed by atoms with E-state index in [-0.39, 0.29) is 18.3 Å². The van der Waals surface area contributed by atoms with Crippen molar-refractivity contribution in [2.45, 2.75) is 32.1 Å². The van der Waals surface area contributed by atoms with Crippen molar-refractivity contribution < 1.29 is 4.79 Å². The summed E-state index contributed by atoms with van der Waals surface area (Å²) in [4.78, 5) is 11.8. The van der Waals surface area contributed by atoms with Gasteiger partial charge in [-0.15, -0.1) is 12.4 Å². The molecule has 25 heavy (non-hydrogen) atoms. The van der Waals surface area contributed by atoms with Gasteiger partial charge in [-0.1, -0.05) is 60.7 Å². The zero-order valence-electron chi connectivity index (χ0n) is 14.7. The molecule has 0 aliphatic carbocycles. The standard InChI is InChI=1S/C21H28N2O.ClH/c24-21(23-17-8-14-20-11-5-2-6-12-20)15-18-22-16-7-13-19-9-3-1-4-10-19;/h1-6,9-12,22H,7-8,13-18H2,(H,23,24);1H. The molecule has 0 bridgehead atoms. The predicted octanol–water partition coefficient (Wildman–Crippen LogP) is 3.77. The Morgan fingerprint density at radius 3 is 1.80 bits per heavy atom. The number of aryl methyl sites for hydroxylation is 2. The maximum absolute atomic E-state index is 11.8. The van der Waals surface area contributed by atoms with Crippen LogP contribution >= 0.6 is 12.4 Å². The smallest absolute Gasteiger partial charge is 0.221 e. The lowest BCUT2D eigenvalue weighted by Gasteiger charge is -2.07. The van der Waals surface area contributed by atoms with Crippen LogP contribution in [0, 0.1) is 0 Å². The molecule has 0 unspecified atom stereocenters. The summed E-state index contributed by atoms with van der Waals surface area (Å²) in [5.41, 5.74) is 2.70. The molecule has 4 heteroatoms. The van der Waals surface area contributed by atoms with E-state index in [4.69, 9.17) is 0 Å². The molecule has 136 valence electrons. The van der Waals surface area contributed by atoms with Crippen molar-refractivity contribution in [3.63, 3.8) is 0 Å². The average molecular weight is 361 g/mol. The quantitative estimate of drug-likeness (QED) is 0.599. The van der Waals surface area contributed by atoms with Gasteiger partial charge >= 0.3 is 0 Å². The summed E-state index contributed by atoms with van der Waals surface area (Å²) in [6, 6.07) is 20.9. The fourth-order valence-electron chi connectivity index (χ4n) is 2.64. The third-order valence-corrected chi connectivity index (χ3v) is 4.00. The Morgan fingerprint density at radius 2 is 1.24 bits per heavy atom. The Hall–Kier alpha value is -1.84. The number of hydrogen-bond acceptors (Lipinski definition) is 2. The fourth-order valence-corrected chi connectivity index (χ4v) is 2.64. The Morgan fingerprint density at radius 1 is 0.720 bits per heavy atom. The molecular weight excluding hydrogens is 332 g/mol. The molecule has 2 aromatic rings. The summed E-state index contributed by atoms with van der Waals surface area (Å²) in [7, 11) is 0. The molecule has 0 aliphatic heterocycles. The Kier molecular flexibility index (Phi) is 11.4. The van der Waals surface area contributed by atoms with Crippen LogP contribution in [0.2, 0.25) is 0 Å². The molecule has 2 N–H and O–H groups in total. The van der Waals surface area contributed by atoms with Crippen molar-refractivity contribution in [1.29, 1.82) is 0 Å². The van der Waals surface area contributed by atoms with Crippen LogP contribution in [0.15, 0.2) is 60.7 Å². The van der Waals surface area contributed by atoms with E-state index in [1.807, 2.05) is 12.1 Å². The molecule has 2 rings (SSSR count). The highest BCUT2D eigenvalue weighted by atomic mass is 35.5. The van der Waals surface area contributed by atoms with Crippen molar-refractivity contribution in [2.75, 3.05) is 19.6 Å². The lowest BCUT2D eigenvalue weighted by atomic mass is 10.1. The van der Waals surface area contributed by atoms with Crippen molar-refractivity contribution in [3.8, 4) is 0 Å². The van der Waals surface area contributed by atoms with E-state index in [1.165, 1.54) is 11.1 Å². The van der Waals surface area contributed by atoms with Crippen LogP contribution in [0.25, 0.3) is 0 Å². The maximum atomic E-state index is 11.8. The van der Waals surface area contributed by atoms with Crippen molar-refractivity contribution in [1.82, 2.24) is 10.6 Å². The van der Waals surface area contributed by atoms with Gasteiger partial charge in [-0.25, -0.2) is 0 Å². The molecule has 1 amide bonds. The van der Waals surface area contributed by atoms with Gasteiger partial charge in [-0.3, -0.25) is 4.79 Å². The second-order valence-corrected chi connectivity index (χ2v) is 6.03. The van der Waals surface area contributed by atoms with E-state index in [0.29, 0.717) is 6.42 Å². The second-order valence-electron chi connectivity index (χ2n) is 6.03. The first-order valence-electron chi connectivity index (χ1n) is 8.90. The molecule has 0 saturated heterocycles. The van der Waals surface area contributed by atoms with Gasteiger partial charge in [0.05, 0.1) is 0 Å². The van der Waals surface area contributed by atoms with Crippen molar-refractivity contribution >= 4 is 18.3 Å². The Balaban J connectivity index is 0.00000312. The SMILES string of the molecule is Cl.O=C(CCNCCCc1ccccc1)NCCCc1ccccc1. The molecule has 0 saturated carbocycles. The molecule has 0 aliphatic rings. The van der Waals surface area contributed by atoms with Gasteiger partial charge in [0.1, 0.15) is 0 Å². The zero-order valence-corrected chi connectivity index (χ0v) is 15.6. The van der Waals surface area contributed by atoms with Crippen LogP contribution in [-0.4, -0.2) is 25.5 Å². The first-order chi connectivity index (χ1) is 11.8. The lowest BCUT2D eigenvalue weighted by Crippen LogP contribution is -2.29. The van der Waals surface area contributed by atoms with Crippen LogP contribution in [0.3, 0.4) is 0 Å². The van der Waals surface area contributed by atoms with Gasteiger partial charge in [0.15, 0.2) is 0 Å². The number of amides is 1. The van der Waals surface area contributed by atoms with Crippen molar-refractivity contribution in [3.05, 3.63) is 71.8 Å². The van der Waals surface area contributed by atoms with Crippen molar-refractivity contribution in [2.24, 2.45) is 0 Å². The average Bonchev–Trinajstić information content (AvgIpc) is 2.63. The van der Waals surface area contributed by atoms with Crippen LogP contribution in [0.5, 0.6) is 0 Å². The molecule has 0 fully saturated rings. The predicted molar refractivity (Wildman–Crippen MR) is 107 cm³/mol. The summed E-state index contributed by atoms with van der Waals surface area (Å²) >= 11 is 0. The third-order valence-electron chi connectivity index (χ3n) is 4.00. The number of halogens is 1. The first-order valence-corrected chi connectivity index (χ1v) is 8.90. The first kappa shape index (κ1) is 21.2. The summed E-state index contributed by atoms with van der Waals surface area (Å²) in [5.74, 6) is 0.138. The second kappa shape index (κ2) is 13.5. The summed E-state index contributed by atoms with van der Waals surface area (Å²) < 4.78 is 0. The molecule has 0 aromatic heterocycles. The summed E-state index contributed by atoms with van der Waals surface area (Å²) in [6.45, 7) is 2.46. The molecule has 0 radical (unpaired) electrons. The van der Waals surface area contributed by atoms with Crippen LogP contribution < -0.4 is 10.6 Å². The monoisotopic (exact) mass is 360 g/mol. The number of hydrogen-bond donors (Lipinski definition) is 2. The highest BCUT2D eigenvalue weighted by Crippen LogP contribution is 2.02. The maximum Gasteiger partial charge on any atom is 0.221 e. The van der Waals surface area contributed by atoms with Gasteiger partial charge in [0.25, 0.3) is 0 Å². The third kappa shape index (κ3) is 9.90. The summed E-state index contributed by atoms with van der Waals surface area (Å²) in [6.07, 6.45) is 4.73. The molecule has 2 aromatic carbocycles. The minimum atomic E-state index is 0. The molecule has 3 nitrogen and oxygen atoms in total. The van der Waals surface area contributed by atoms with Gasteiger partial charge in [-0.05, 0) is 43.4 Å². The van der Waals surface area contributed by atoms with Gasteiger partial charge < -0.3 is 10.6 Å². The Bertz CT molecular complexity index is 575. The van der Waals surface area contributed by atoms with E-state index < -0.39 is 0 Å². The van der Waals surface area contributed by atoms with Gasteiger partial charge in [0, 0.05) is 19.5 Å². The Labute approximate surface area is 157 Å². The molecule has 0 heterocycles. The van der Waals surface area contributed by atoms with Crippen LogP contribution in [0.1, 0.15) is 30.4 Å². The van der Waals surface area contributed by atoms with E-state index in [1.54, 1.807) is 0 Å². The number of carbonyl (C=O) groups is 1. The summed E-state index contributed by atoms with van der Waals surface area (Å²) in [5, 5.41) is 6.33. The number of benzene rings is 2. The van der Waals surface area contributed by atoms with Gasteiger partial charge in [0.2, 0.25) is 5.91 Å². The van der Waals surface area contributed by atoms with E-state index in [9.17, 15) is 4.79 Å². The molecule has 0 spiro atoms. The number of nitrogens with one attached hydrogen (secondary N) is 2. The highest BCUT2D eigenvalue weighted by Gasteiger charge is 2.00. The molecular formula is C21H29ClN2O. The largest absolute Gasteiger partial charge is 0.356 e. The topological polar surface area (TPSA) is 41.1 Å². The van der Waals surface area contributed by atoms with E-state index in [2.05, 4.69) is 59.2 Å². The highest BCUT2D eigenvalue weighted by molar-refractivity contribution is 5.85.